The van der Waals surface area contributed by atoms with Crippen molar-refractivity contribution in [2.75, 3.05) is 105 Å². The largest absolute Gasteiger partial charge is 0.396 e. The van der Waals surface area contributed by atoms with Gasteiger partial charge in [0.1, 0.15) is 0 Å². The van der Waals surface area contributed by atoms with E-state index in [0.717, 1.165) is 58.9 Å². The molecule has 0 aromatic rings. The normalized spacial score (nSPS) is 21.1. The highest BCUT2D eigenvalue weighted by molar-refractivity contribution is 4.77. The summed E-state index contributed by atoms with van der Waals surface area (Å²) in [5.74, 6) is 0. The molecule has 1 aliphatic rings. The molecule has 0 bridgehead atoms. The van der Waals surface area contributed by atoms with E-state index in [2.05, 4.69) is 33.4 Å². The van der Waals surface area contributed by atoms with Gasteiger partial charge in [-0.3, -0.25) is 14.7 Å². The monoisotopic (exact) mass is 390 g/mol. The van der Waals surface area contributed by atoms with Crippen molar-refractivity contribution in [3.8, 4) is 0 Å². The molecule has 1 aliphatic heterocycles. The Balaban J connectivity index is 2.80. The van der Waals surface area contributed by atoms with Gasteiger partial charge in [-0.25, -0.2) is 0 Å². The highest BCUT2D eigenvalue weighted by Crippen LogP contribution is 2.16. The second-order valence-electron chi connectivity index (χ2n) is 8.29. The van der Waals surface area contributed by atoms with Crippen molar-refractivity contribution in [1.82, 2.24) is 19.6 Å². The standard InChI is InChI=1S/C19H42N4O4/c1-19(2,18-27)17-23-9-7-21(12-15-25)5-3-20(11-14-24)4-6-22(8-10-23)13-16-26/h24-27H,3-18H2,1-2H3. The number of aliphatic hydroxyl groups is 4. The van der Waals surface area contributed by atoms with E-state index in [0.29, 0.717) is 19.6 Å². The van der Waals surface area contributed by atoms with Crippen molar-refractivity contribution in [2.24, 2.45) is 5.41 Å². The van der Waals surface area contributed by atoms with E-state index in [1.807, 2.05) is 0 Å². The van der Waals surface area contributed by atoms with E-state index < -0.39 is 0 Å². The molecule has 1 fully saturated rings. The third-order valence-electron chi connectivity index (χ3n) is 5.26. The number of hydrogen-bond donors (Lipinski definition) is 4. The van der Waals surface area contributed by atoms with Crippen molar-refractivity contribution >= 4 is 0 Å². The topological polar surface area (TPSA) is 93.9 Å². The van der Waals surface area contributed by atoms with Crippen molar-refractivity contribution in [3.63, 3.8) is 0 Å². The highest BCUT2D eigenvalue weighted by Gasteiger charge is 2.22. The lowest BCUT2D eigenvalue weighted by molar-refractivity contribution is 0.0718. The van der Waals surface area contributed by atoms with Crippen LogP contribution in [-0.2, 0) is 0 Å². The molecule has 1 rings (SSSR count). The van der Waals surface area contributed by atoms with Crippen LogP contribution in [0, 0.1) is 5.41 Å². The molecular formula is C19H42N4O4. The Hall–Kier alpha value is -0.320. The van der Waals surface area contributed by atoms with Gasteiger partial charge >= 0.3 is 0 Å². The Morgan fingerprint density at radius 3 is 1.11 bits per heavy atom. The first-order valence-corrected chi connectivity index (χ1v) is 10.3. The van der Waals surface area contributed by atoms with Crippen LogP contribution in [0.2, 0.25) is 0 Å². The molecule has 0 saturated carbocycles. The maximum Gasteiger partial charge on any atom is 0.0558 e. The third-order valence-corrected chi connectivity index (χ3v) is 5.26. The number of aliphatic hydroxyl groups excluding tert-OH is 4. The minimum atomic E-state index is -0.154. The number of rotatable bonds is 9. The zero-order valence-electron chi connectivity index (χ0n) is 17.4. The quantitative estimate of drug-likeness (QED) is 0.367. The Labute approximate surface area is 165 Å². The average Bonchev–Trinajstić information content (AvgIpc) is 2.64. The molecule has 4 N–H and O–H groups in total. The van der Waals surface area contributed by atoms with E-state index in [9.17, 15) is 20.4 Å². The van der Waals surface area contributed by atoms with Crippen LogP contribution >= 0.6 is 0 Å². The smallest absolute Gasteiger partial charge is 0.0558 e. The summed E-state index contributed by atoms with van der Waals surface area (Å²) in [5, 5.41) is 37.8. The summed E-state index contributed by atoms with van der Waals surface area (Å²) >= 11 is 0. The van der Waals surface area contributed by atoms with Crippen LogP contribution < -0.4 is 0 Å². The molecule has 0 atom stereocenters. The molecule has 0 aromatic carbocycles. The first-order chi connectivity index (χ1) is 12.9. The summed E-state index contributed by atoms with van der Waals surface area (Å²) in [7, 11) is 0. The van der Waals surface area contributed by atoms with Gasteiger partial charge in [0.05, 0.1) is 19.8 Å². The Bertz CT molecular complexity index is 352. The molecule has 0 spiro atoms. The van der Waals surface area contributed by atoms with Crippen molar-refractivity contribution in [3.05, 3.63) is 0 Å². The maximum absolute atomic E-state index is 9.65. The summed E-state index contributed by atoms with van der Waals surface area (Å²) < 4.78 is 0. The van der Waals surface area contributed by atoms with Crippen LogP contribution in [0.1, 0.15) is 13.8 Å². The maximum atomic E-state index is 9.65. The van der Waals surface area contributed by atoms with Crippen molar-refractivity contribution in [2.45, 2.75) is 13.8 Å². The highest BCUT2D eigenvalue weighted by atomic mass is 16.3. The summed E-state index contributed by atoms with van der Waals surface area (Å²) in [6.07, 6.45) is 0. The molecule has 0 aromatic heterocycles. The van der Waals surface area contributed by atoms with Crippen molar-refractivity contribution in [1.29, 1.82) is 0 Å². The molecule has 0 amide bonds. The van der Waals surface area contributed by atoms with Crippen LogP contribution in [0.5, 0.6) is 0 Å². The van der Waals surface area contributed by atoms with Gasteiger partial charge in [0, 0.05) is 90.6 Å². The Morgan fingerprint density at radius 1 is 0.556 bits per heavy atom. The number of hydrogen-bond acceptors (Lipinski definition) is 8. The van der Waals surface area contributed by atoms with Gasteiger partial charge < -0.3 is 25.3 Å². The van der Waals surface area contributed by atoms with Crippen LogP contribution in [0.15, 0.2) is 0 Å². The average molecular weight is 391 g/mol. The number of nitrogens with zero attached hydrogens (tertiary/aromatic N) is 4. The van der Waals surface area contributed by atoms with Crippen molar-refractivity contribution < 1.29 is 20.4 Å². The fourth-order valence-electron chi connectivity index (χ4n) is 3.49. The fraction of sp³-hybridized carbons (Fsp3) is 1.00. The molecule has 8 heteroatoms. The van der Waals surface area contributed by atoms with E-state index >= 15 is 0 Å². The summed E-state index contributed by atoms with van der Waals surface area (Å²) in [6, 6.07) is 0. The van der Waals surface area contributed by atoms with Gasteiger partial charge in [0.2, 0.25) is 0 Å². The number of β-amino-alcohol motifs (C(OH)–C–C–N with tert-alkyl or cyclic N) is 3. The molecule has 1 saturated heterocycles. The predicted octanol–water partition coefficient (Wildman–Crippen LogP) is -1.80. The van der Waals surface area contributed by atoms with Gasteiger partial charge in [-0.2, -0.15) is 0 Å². The second kappa shape index (κ2) is 13.8. The van der Waals surface area contributed by atoms with Gasteiger partial charge in [-0.05, 0) is 0 Å². The Morgan fingerprint density at radius 2 is 0.852 bits per heavy atom. The lowest BCUT2D eigenvalue weighted by Gasteiger charge is -2.36. The molecule has 0 radical (unpaired) electrons. The third kappa shape index (κ3) is 10.7. The lowest BCUT2D eigenvalue weighted by atomic mass is 9.94. The molecule has 8 nitrogen and oxygen atoms in total. The molecule has 0 unspecified atom stereocenters. The summed E-state index contributed by atoms with van der Waals surface area (Å²) in [6.45, 7) is 14.5. The molecule has 162 valence electrons. The van der Waals surface area contributed by atoms with Crippen LogP contribution in [-0.4, -0.2) is 145 Å². The van der Waals surface area contributed by atoms with Gasteiger partial charge in [0.15, 0.2) is 0 Å². The minimum absolute atomic E-state index is 0.143. The van der Waals surface area contributed by atoms with Gasteiger partial charge in [-0.1, -0.05) is 13.8 Å². The van der Waals surface area contributed by atoms with Gasteiger partial charge in [-0.15, -0.1) is 0 Å². The van der Waals surface area contributed by atoms with E-state index in [-0.39, 0.29) is 31.8 Å². The van der Waals surface area contributed by atoms with Crippen LogP contribution in [0.4, 0.5) is 0 Å². The van der Waals surface area contributed by atoms with Gasteiger partial charge in [0.25, 0.3) is 0 Å². The SMILES string of the molecule is CC(C)(CO)CN1CCN(CCO)CCN(CCO)CCN(CCO)CC1. The zero-order valence-corrected chi connectivity index (χ0v) is 17.4. The molecule has 27 heavy (non-hydrogen) atoms. The first kappa shape index (κ1) is 24.7. The second-order valence-corrected chi connectivity index (χ2v) is 8.29. The summed E-state index contributed by atoms with van der Waals surface area (Å²) in [5.41, 5.74) is -0.154. The molecular weight excluding hydrogens is 348 g/mol. The van der Waals surface area contributed by atoms with Crippen LogP contribution in [0.25, 0.3) is 0 Å². The molecule has 0 aliphatic carbocycles. The zero-order chi connectivity index (χ0) is 20.1. The van der Waals surface area contributed by atoms with E-state index in [1.54, 1.807) is 0 Å². The van der Waals surface area contributed by atoms with E-state index in [1.165, 1.54) is 0 Å². The predicted molar refractivity (Wildman–Crippen MR) is 108 cm³/mol. The van der Waals surface area contributed by atoms with Crippen LogP contribution in [0.3, 0.4) is 0 Å². The van der Waals surface area contributed by atoms with E-state index in [4.69, 9.17) is 0 Å². The first-order valence-electron chi connectivity index (χ1n) is 10.3. The lowest BCUT2D eigenvalue weighted by Crippen LogP contribution is -2.49. The fourth-order valence-corrected chi connectivity index (χ4v) is 3.49. The Kier molecular flexibility index (Phi) is 12.6. The minimum Gasteiger partial charge on any atom is -0.396 e. The summed E-state index contributed by atoms with van der Waals surface area (Å²) in [4.78, 5) is 9.19. The molecule has 1 heterocycles.